The highest BCUT2D eigenvalue weighted by molar-refractivity contribution is 5.82. The number of nitrogens with one attached hydrogen (secondary N) is 1. The van der Waals surface area contributed by atoms with E-state index in [4.69, 9.17) is 4.74 Å². The highest BCUT2D eigenvalue weighted by Gasteiger charge is 2.26. The summed E-state index contributed by atoms with van der Waals surface area (Å²) in [5.74, 6) is 0.752. The van der Waals surface area contributed by atoms with Gasteiger partial charge in [-0.25, -0.2) is 0 Å². The second-order valence-corrected chi connectivity index (χ2v) is 8.10. The fourth-order valence-electron chi connectivity index (χ4n) is 3.97. The standard InChI is InChI=1S/C23H46N2O2/c1-3-5-6-7-8-9-10-11-12-13-14-15-16-17-18-19-22(27-4-2)23-24-20-21-25(23)26/h22,24H,3-21H2,1-2H3. The van der Waals surface area contributed by atoms with Crippen molar-refractivity contribution < 1.29 is 9.48 Å². The van der Waals surface area contributed by atoms with E-state index in [0.29, 0.717) is 13.2 Å². The molecule has 1 N–H and O–H groups in total. The van der Waals surface area contributed by atoms with Gasteiger partial charge in [0.1, 0.15) is 13.1 Å². The molecule has 1 aliphatic rings. The third kappa shape index (κ3) is 12.3. The van der Waals surface area contributed by atoms with Crippen molar-refractivity contribution in [1.82, 2.24) is 5.32 Å². The molecule has 160 valence electrons. The first kappa shape index (κ1) is 24.3. The molecule has 0 saturated heterocycles. The van der Waals surface area contributed by atoms with Crippen molar-refractivity contribution in [1.29, 1.82) is 0 Å². The minimum absolute atomic E-state index is 0.0306. The smallest absolute Gasteiger partial charge is 0.277 e. The molecule has 1 atom stereocenters. The lowest BCUT2D eigenvalue weighted by Gasteiger charge is -2.16. The largest absolute Gasteiger partial charge is 0.715 e. The van der Waals surface area contributed by atoms with Gasteiger partial charge in [0.05, 0.1) is 0 Å². The summed E-state index contributed by atoms with van der Waals surface area (Å²) in [6.07, 6.45) is 21.7. The van der Waals surface area contributed by atoms with Crippen molar-refractivity contribution >= 4 is 5.84 Å². The lowest BCUT2D eigenvalue weighted by atomic mass is 10.0. The van der Waals surface area contributed by atoms with Gasteiger partial charge in [0.2, 0.25) is 0 Å². The lowest BCUT2D eigenvalue weighted by Crippen LogP contribution is -2.36. The second-order valence-electron chi connectivity index (χ2n) is 8.10. The molecule has 0 amide bonds. The predicted octanol–water partition coefficient (Wildman–Crippen LogP) is 6.17. The third-order valence-corrected chi connectivity index (χ3v) is 5.63. The maximum absolute atomic E-state index is 11.8. The molecule has 4 heteroatoms. The number of hydrogen-bond donors (Lipinski definition) is 1. The molecule has 1 unspecified atom stereocenters. The fraction of sp³-hybridized carbons (Fsp3) is 0.957. The van der Waals surface area contributed by atoms with Crippen molar-refractivity contribution in [3.05, 3.63) is 5.21 Å². The molecule has 0 aliphatic carbocycles. The van der Waals surface area contributed by atoms with Crippen molar-refractivity contribution in [3.8, 4) is 0 Å². The molecule has 0 bridgehead atoms. The molecule has 0 saturated carbocycles. The van der Waals surface area contributed by atoms with E-state index < -0.39 is 0 Å². The van der Waals surface area contributed by atoms with Crippen LogP contribution in [0.25, 0.3) is 0 Å². The van der Waals surface area contributed by atoms with E-state index in [9.17, 15) is 5.21 Å². The molecular formula is C23H46N2O2. The van der Waals surface area contributed by atoms with E-state index in [1.165, 1.54) is 89.9 Å². The van der Waals surface area contributed by atoms with Crippen molar-refractivity contribution in [3.63, 3.8) is 0 Å². The van der Waals surface area contributed by atoms with E-state index in [1.54, 1.807) is 0 Å². The molecule has 0 aromatic carbocycles. The average molecular weight is 383 g/mol. The summed E-state index contributed by atoms with van der Waals surface area (Å²) in [5.41, 5.74) is 0. The average Bonchev–Trinajstić information content (AvgIpc) is 3.10. The van der Waals surface area contributed by atoms with E-state index in [2.05, 4.69) is 12.2 Å². The summed E-state index contributed by atoms with van der Waals surface area (Å²) in [6.45, 7) is 6.26. The number of ether oxygens (including phenoxy) is 1. The lowest BCUT2D eigenvalue weighted by molar-refractivity contribution is -0.449. The highest BCUT2D eigenvalue weighted by Crippen LogP contribution is 2.15. The maximum Gasteiger partial charge on any atom is 0.277 e. The molecule has 1 aliphatic heterocycles. The van der Waals surface area contributed by atoms with Crippen LogP contribution in [0.5, 0.6) is 0 Å². The number of unbranched alkanes of at least 4 members (excludes halogenated alkanes) is 14. The van der Waals surface area contributed by atoms with Gasteiger partial charge in [-0.15, -0.1) is 0 Å². The Hall–Kier alpha value is -0.770. The van der Waals surface area contributed by atoms with Crippen LogP contribution >= 0.6 is 0 Å². The molecule has 1 rings (SSSR count). The predicted molar refractivity (Wildman–Crippen MR) is 116 cm³/mol. The highest BCUT2D eigenvalue weighted by atomic mass is 16.5. The van der Waals surface area contributed by atoms with Crippen LogP contribution in [-0.2, 0) is 4.74 Å². The van der Waals surface area contributed by atoms with E-state index in [0.717, 1.165) is 30.0 Å². The molecule has 0 radical (unpaired) electrons. The second kappa shape index (κ2) is 17.3. The monoisotopic (exact) mass is 382 g/mol. The first-order valence-electron chi connectivity index (χ1n) is 12.0. The summed E-state index contributed by atoms with van der Waals surface area (Å²) in [4.78, 5) is 0. The van der Waals surface area contributed by atoms with Gasteiger partial charge < -0.3 is 9.94 Å². The first-order valence-corrected chi connectivity index (χ1v) is 12.0. The first-order chi connectivity index (χ1) is 13.3. The van der Waals surface area contributed by atoms with Gasteiger partial charge in [0.25, 0.3) is 5.84 Å². The minimum Gasteiger partial charge on any atom is -0.715 e. The van der Waals surface area contributed by atoms with Crippen molar-refractivity contribution in [2.24, 2.45) is 0 Å². The van der Waals surface area contributed by atoms with Crippen LogP contribution in [0.1, 0.15) is 117 Å². The number of hydrogen-bond acceptors (Lipinski definition) is 3. The van der Waals surface area contributed by atoms with Crippen LogP contribution in [0, 0.1) is 5.21 Å². The number of amidine groups is 1. The van der Waals surface area contributed by atoms with Crippen LogP contribution in [0.15, 0.2) is 0 Å². The molecule has 0 aromatic heterocycles. The number of hydroxylamine groups is 1. The number of rotatable bonds is 19. The van der Waals surface area contributed by atoms with E-state index in [1.807, 2.05) is 6.92 Å². The Morgan fingerprint density at radius 1 is 0.815 bits per heavy atom. The normalized spacial score (nSPS) is 15.3. The van der Waals surface area contributed by atoms with Crippen molar-refractivity contribution in [2.75, 3.05) is 19.7 Å². The van der Waals surface area contributed by atoms with Crippen molar-refractivity contribution in [2.45, 2.75) is 123 Å². The Kier molecular flexibility index (Phi) is 15.6. The molecule has 1 heterocycles. The zero-order valence-corrected chi connectivity index (χ0v) is 18.3. The van der Waals surface area contributed by atoms with Gasteiger partial charge in [-0.2, -0.15) is 0 Å². The van der Waals surface area contributed by atoms with Gasteiger partial charge in [0, 0.05) is 6.61 Å². The Bertz CT molecular complexity index is 371. The van der Waals surface area contributed by atoms with Gasteiger partial charge in [-0.3, -0.25) is 10.1 Å². The quantitative estimate of drug-likeness (QED) is 0.165. The van der Waals surface area contributed by atoms with Gasteiger partial charge >= 0.3 is 0 Å². The van der Waals surface area contributed by atoms with Crippen LogP contribution < -0.4 is 5.32 Å². The van der Waals surface area contributed by atoms with Gasteiger partial charge in [-0.05, 0) is 13.3 Å². The Morgan fingerprint density at radius 3 is 1.70 bits per heavy atom. The topological polar surface area (TPSA) is 47.3 Å². The molecule has 0 fully saturated rings. The third-order valence-electron chi connectivity index (χ3n) is 5.63. The van der Waals surface area contributed by atoms with Crippen LogP contribution in [0.2, 0.25) is 0 Å². The fourth-order valence-corrected chi connectivity index (χ4v) is 3.97. The molecular weight excluding hydrogens is 336 g/mol. The number of nitrogens with zero attached hydrogens (tertiary/aromatic N) is 1. The van der Waals surface area contributed by atoms with Gasteiger partial charge in [-0.1, -0.05) is 103 Å². The molecule has 4 nitrogen and oxygen atoms in total. The SMILES string of the molecule is CCCCCCCCCCCCCCCCCC(OCC)C1=[N+]([O-])CCN1. The Balaban J connectivity index is 1.87. The molecule has 27 heavy (non-hydrogen) atoms. The summed E-state index contributed by atoms with van der Waals surface area (Å²) in [7, 11) is 0. The molecule has 0 spiro atoms. The molecule has 0 aromatic rings. The van der Waals surface area contributed by atoms with Crippen LogP contribution in [0.4, 0.5) is 0 Å². The summed E-state index contributed by atoms with van der Waals surface area (Å²) >= 11 is 0. The Labute approximate surface area is 168 Å². The zero-order chi connectivity index (χ0) is 19.6. The van der Waals surface area contributed by atoms with E-state index in [-0.39, 0.29) is 6.10 Å². The van der Waals surface area contributed by atoms with Crippen LogP contribution in [-0.4, -0.2) is 36.4 Å². The zero-order valence-electron chi connectivity index (χ0n) is 18.3. The summed E-state index contributed by atoms with van der Waals surface area (Å²) < 4.78 is 6.85. The van der Waals surface area contributed by atoms with Gasteiger partial charge in [0.15, 0.2) is 6.10 Å². The van der Waals surface area contributed by atoms with Crippen LogP contribution in [0.3, 0.4) is 0 Å². The minimum atomic E-state index is -0.0306. The summed E-state index contributed by atoms with van der Waals surface area (Å²) in [5, 5.41) is 15.0. The summed E-state index contributed by atoms with van der Waals surface area (Å²) in [6, 6.07) is 0. The van der Waals surface area contributed by atoms with E-state index >= 15 is 0 Å². The maximum atomic E-state index is 11.8. The Morgan fingerprint density at radius 2 is 1.30 bits per heavy atom.